The van der Waals surface area contributed by atoms with E-state index in [4.69, 9.17) is 11.1 Å². The predicted molar refractivity (Wildman–Crippen MR) is 63.6 cm³/mol. The number of aromatic nitrogens is 2. The van der Waals surface area contributed by atoms with Crippen LogP contribution in [-0.4, -0.2) is 15.8 Å². The Labute approximate surface area is 102 Å². The summed E-state index contributed by atoms with van der Waals surface area (Å²) in [6.07, 6.45) is 2.97. The molecule has 0 unspecified atom stereocenters. The highest BCUT2D eigenvalue weighted by molar-refractivity contribution is 7.99. The van der Waals surface area contributed by atoms with Crippen LogP contribution in [0.3, 0.4) is 0 Å². The van der Waals surface area contributed by atoms with E-state index in [-0.39, 0.29) is 11.7 Å². The molecule has 0 aliphatic heterocycles. The molecule has 86 valence electrons. The van der Waals surface area contributed by atoms with E-state index in [0.29, 0.717) is 10.7 Å². The summed E-state index contributed by atoms with van der Waals surface area (Å²) >= 11 is 1.37. The number of hydrogen-bond donors (Lipinski definition) is 2. The van der Waals surface area contributed by atoms with Crippen LogP contribution in [0.25, 0.3) is 0 Å². The van der Waals surface area contributed by atoms with Crippen LogP contribution in [0.1, 0.15) is 5.69 Å². The smallest absolute Gasteiger partial charge is 0.143 e. The van der Waals surface area contributed by atoms with Gasteiger partial charge in [0, 0.05) is 4.90 Å². The van der Waals surface area contributed by atoms with Crippen molar-refractivity contribution in [2.24, 2.45) is 5.73 Å². The first-order valence-corrected chi connectivity index (χ1v) is 5.56. The lowest BCUT2D eigenvalue weighted by Crippen LogP contribution is -2.13. The largest absolute Gasteiger partial charge is 0.382 e. The molecule has 0 amide bonds. The minimum Gasteiger partial charge on any atom is -0.382 e. The zero-order valence-corrected chi connectivity index (χ0v) is 9.54. The minimum absolute atomic E-state index is 0.115. The van der Waals surface area contributed by atoms with Gasteiger partial charge in [-0.15, -0.1) is 0 Å². The van der Waals surface area contributed by atoms with E-state index in [1.165, 1.54) is 36.3 Å². The number of rotatable bonds is 3. The van der Waals surface area contributed by atoms with E-state index in [9.17, 15) is 4.39 Å². The third-order valence-electron chi connectivity index (χ3n) is 1.94. The van der Waals surface area contributed by atoms with E-state index in [1.54, 1.807) is 12.1 Å². The fourth-order valence-electron chi connectivity index (χ4n) is 1.13. The highest BCUT2D eigenvalue weighted by Gasteiger charge is 2.02. The van der Waals surface area contributed by atoms with Gasteiger partial charge in [0.25, 0.3) is 0 Å². The molecule has 0 saturated heterocycles. The van der Waals surface area contributed by atoms with Crippen molar-refractivity contribution in [3.8, 4) is 0 Å². The predicted octanol–water partition coefficient (Wildman–Crippen LogP) is 2.05. The van der Waals surface area contributed by atoms with Gasteiger partial charge in [-0.05, 0) is 24.3 Å². The van der Waals surface area contributed by atoms with Crippen LogP contribution in [0.5, 0.6) is 0 Å². The highest BCUT2D eigenvalue weighted by Crippen LogP contribution is 2.25. The summed E-state index contributed by atoms with van der Waals surface area (Å²) in [7, 11) is 0. The number of nitrogen functional groups attached to an aromatic ring is 1. The lowest BCUT2D eigenvalue weighted by molar-refractivity contribution is 0.626. The third-order valence-corrected chi connectivity index (χ3v) is 2.87. The first kappa shape index (κ1) is 11.5. The summed E-state index contributed by atoms with van der Waals surface area (Å²) in [6, 6.07) is 6.11. The SMILES string of the molecule is N=C(N)c1cnc(Sc2ccc(F)cc2)cn1. The number of amidine groups is 1. The van der Waals surface area contributed by atoms with Crippen molar-refractivity contribution in [3.05, 3.63) is 48.2 Å². The normalized spacial score (nSPS) is 10.2. The molecule has 0 saturated carbocycles. The monoisotopic (exact) mass is 248 g/mol. The molecule has 0 atom stereocenters. The van der Waals surface area contributed by atoms with Gasteiger partial charge in [0.1, 0.15) is 22.4 Å². The molecular formula is C11H9FN4S. The van der Waals surface area contributed by atoms with Gasteiger partial charge in [-0.25, -0.2) is 14.4 Å². The van der Waals surface area contributed by atoms with Crippen molar-refractivity contribution in [3.63, 3.8) is 0 Å². The molecule has 0 aliphatic rings. The number of nitrogens with zero attached hydrogens (tertiary/aromatic N) is 2. The molecule has 1 aromatic heterocycles. The number of nitrogens with two attached hydrogens (primary N) is 1. The summed E-state index contributed by atoms with van der Waals surface area (Å²) in [5, 5.41) is 7.85. The highest BCUT2D eigenvalue weighted by atomic mass is 32.2. The van der Waals surface area contributed by atoms with E-state index in [2.05, 4.69) is 9.97 Å². The molecule has 2 aromatic rings. The van der Waals surface area contributed by atoms with Crippen molar-refractivity contribution in [1.82, 2.24) is 9.97 Å². The van der Waals surface area contributed by atoms with Crippen molar-refractivity contribution < 1.29 is 4.39 Å². The molecular weight excluding hydrogens is 239 g/mol. The van der Waals surface area contributed by atoms with E-state index < -0.39 is 0 Å². The summed E-state index contributed by atoms with van der Waals surface area (Å²) in [6.45, 7) is 0. The molecule has 0 aliphatic carbocycles. The fraction of sp³-hybridized carbons (Fsp3) is 0. The molecule has 17 heavy (non-hydrogen) atoms. The second-order valence-corrected chi connectivity index (χ2v) is 4.30. The van der Waals surface area contributed by atoms with E-state index in [0.717, 1.165) is 4.90 Å². The van der Waals surface area contributed by atoms with Crippen LogP contribution in [-0.2, 0) is 0 Å². The maximum absolute atomic E-state index is 12.7. The Morgan fingerprint density at radius 3 is 2.41 bits per heavy atom. The van der Waals surface area contributed by atoms with E-state index >= 15 is 0 Å². The quantitative estimate of drug-likeness (QED) is 0.644. The zero-order valence-electron chi connectivity index (χ0n) is 8.72. The standard InChI is InChI=1S/C11H9FN4S/c12-7-1-3-8(4-2-7)17-10-6-15-9(5-16-10)11(13)14/h1-6H,(H3,13,14). The molecule has 4 nitrogen and oxygen atoms in total. The van der Waals surface area contributed by atoms with E-state index in [1.807, 2.05) is 0 Å². The molecule has 0 bridgehead atoms. The first-order chi connectivity index (χ1) is 8.15. The van der Waals surface area contributed by atoms with Gasteiger partial charge in [0.05, 0.1) is 12.4 Å². The summed E-state index contributed by atoms with van der Waals surface area (Å²) in [5.74, 6) is -0.386. The second-order valence-electron chi connectivity index (χ2n) is 3.21. The Morgan fingerprint density at radius 2 is 1.88 bits per heavy atom. The van der Waals surface area contributed by atoms with Gasteiger partial charge in [0.15, 0.2) is 0 Å². The molecule has 0 radical (unpaired) electrons. The molecule has 1 heterocycles. The summed E-state index contributed by atoms with van der Waals surface area (Å²) in [5.41, 5.74) is 5.61. The lowest BCUT2D eigenvalue weighted by Gasteiger charge is -2.01. The molecule has 1 aromatic carbocycles. The number of benzene rings is 1. The fourth-order valence-corrected chi connectivity index (χ4v) is 1.86. The van der Waals surface area contributed by atoms with Crippen LogP contribution in [0, 0.1) is 11.2 Å². The Kier molecular flexibility index (Phi) is 3.34. The topological polar surface area (TPSA) is 75.7 Å². The summed E-state index contributed by atoms with van der Waals surface area (Å²) < 4.78 is 12.7. The Balaban J connectivity index is 2.13. The first-order valence-electron chi connectivity index (χ1n) is 4.75. The van der Waals surface area contributed by atoms with Crippen LogP contribution in [0.15, 0.2) is 46.6 Å². The number of hydrogen-bond acceptors (Lipinski definition) is 4. The van der Waals surface area contributed by atoms with Crippen LogP contribution in [0.4, 0.5) is 4.39 Å². The van der Waals surface area contributed by atoms with Crippen molar-refractivity contribution in [2.75, 3.05) is 0 Å². The number of halogens is 1. The van der Waals surface area contributed by atoms with Crippen molar-refractivity contribution in [2.45, 2.75) is 9.92 Å². The van der Waals surface area contributed by atoms with Gasteiger partial charge < -0.3 is 5.73 Å². The zero-order chi connectivity index (χ0) is 12.3. The van der Waals surface area contributed by atoms with Crippen LogP contribution < -0.4 is 5.73 Å². The maximum Gasteiger partial charge on any atom is 0.143 e. The lowest BCUT2D eigenvalue weighted by atomic mass is 10.4. The second kappa shape index (κ2) is 4.92. The molecule has 3 N–H and O–H groups in total. The van der Waals surface area contributed by atoms with Crippen molar-refractivity contribution in [1.29, 1.82) is 5.41 Å². The Bertz CT molecular complexity index is 524. The van der Waals surface area contributed by atoms with Crippen LogP contribution in [0.2, 0.25) is 0 Å². The molecule has 2 rings (SSSR count). The van der Waals surface area contributed by atoms with Gasteiger partial charge in [-0.1, -0.05) is 11.8 Å². The number of nitrogens with one attached hydrogen (secondary N) is 1. The average molecular weight is 248 g/mol. The molecule has 0 spiro atoms. The van der Waals surface area contributed by atoms with Gasteiger partial charge in [0.2, 0.25) is 0 Å². The average Bonchev–Trinajstić information content (AvgIpc) is 2.33. The minimum atomic E-state index is -0.271. The van der Waals surface area contributed by atoms with Crippen LogP contribution >= 0.6 is 11.8 Å². The van der Waals surface area contributed by atoms with Gasteiger partial charge in [-0.2, -0.15) is 0 Å². The van der Waals surface area contributed by atoms with Gasteiger partial charge in [-0.3, -0.25) is 5.41 Å². The molecule has 0 fully saturated rings. The third kappa shape index (κ3) is 3.01. The maximum atomic E-state index is 12.7. The molecule has 6 heteroatoms. The Hall–Kier alpha value is -1.95. The van der Waals surface area contributed by atoms with Crippen molar-refractivity contribution >= 4 is 17.6 Å². The summed E-state index contributed by atoms with van der Waals surface area (Å²) in [4.78, 5) is 8.96. The van der Waals surface area contributed by atoms with Gasteiger partial charge >= 0.3 is 0 Å². The Morgan fingerprint density at radius 1 is 1.18 bits per heavy atom.